The summed E-state index contributed by atoms with van der Waals surface area (Å²) in [5, 5.41) is 18.5. The average molecular weight is 584 g/mol. The van der Waals surface area contributed by atoms with Crippen LogP contribution in [0.2, 0.25) is 0 Å². The van der Waals surface area contributed by atoms with Gasteiger partial charge in [-0.05, 0) is 6.42 Å². The first-order chi connectivity index (χ1) is 18.7. The zero-order chi connectivity index (χ0) is 29.2. The second-order valence-electron chi connectivity index (χ2n) is 10.5. The monoisotopic (exact) mass is 583 g/mol. The van der Waals surface area contributed by atoms with E-state index < -0.39 is 39.2 Å². The van der Waals surface area contributed by atoms with Crippen LogP contribution in [0, 0.1) is 0 Å². The maximum absolute atomic E-state index is 11.7. The molecule has 0 saturated heterocycles. The van der Waals surface area contributed by atoms with Gasteiger partial charge < -0.3 is 30.3 Å². The molecule has 0 aliphatic rings. The van der Waals surface area contributed by atoms with E-state index in [0.29, 0.717) is 6.61 Å². The Morgan fingerprint density at radius 1 is 0.744 bits per heavy atom. The second kappa shape index (κ2) is 26.3. The number of carboxylic acids is 1. The van der Waals surface area contributed by atoms with Crippen LogP contribution in [0.25, 0.3) is 0 Å². The fourth-order valence-corrected chi connectivity index (χ4v) is 5.00. The molecule has 5 N–H and O–H groups in total. The fraction of sp³-hybridized carbons (Fsp3) is 0.964. The third kappa shape index (κ3) is 26.1. The van der Waals surface area contributed by atoms with Crippen molar-refractivity contribution in [2.24, 2.45) is 5.73 Å². The highest BCUT2D eigenvalue weighted by molar-refractivity contribution is 7.47. The predicted molar refractivity (Wildman–Crippen MR) is 154 cm³/mol. The van der Waals surface area contributed by atoms with Gasteiger partial charge in [-0.25, -0.2) is 4.57 Å². The van der Waals surface area contributed by atoms with Crippen molar-refractivity contribution in [1.29, 1.82) is 0 Å². The number of hydrogen-bond acceptors (Lipinski definition) is 8. The molecule has 39 heavy (non-hydrogen) atoms. The summed E-state index contributed by atoms with van der Waals surface area (Å²) >= 11 is 0. The highest BCUT2D eigenvalue weighted by atomic mass is 31.2. The Morgan fingerprint density at radius 3 is 1.62 bits per heavy atom. The average Bonchev–Trinajstić information content (AvgIpc) is 2.91. The maximum Gasteiger partial charge on any atom is 0.472 e. The Labute approximate surface area is 236 Å². The maximum atomic E-state index is 11.7. The molecule has 0 aromatic rings. The summed E-state index contributed by atoms with van der Waals surface area (Å²) in [6.07, 6.45) is 22.3. The smallest absolute Gasteiger partial charge is 0.472 e. The van der Waals surface area contributed by atoms with E-state index in [4.69, 9.17) is 20.3 Å². The minimum absolute atomic E-state index is 0.0840. The minimum atomic E-state index is -4.52. The van der Waals surface area contributed by atoms with Gasteiger partial charge in [0.05, 0.1) is 32.5 Å². The first-order valence-corrected chi connectivity index (χ1v) is 16.6. The molecule has 0 fully saturated rings. The number of methoxy groups -OCH3 is 1. The van der Waals surface area contributed by atoms with Crippen molar-refractivity contribution >= 4 is 13.8 Å². The Kier molecular flexibility index (Phi) is 25.9. The molecule has 0 saturated carbocycles. The summed E-state index contributed by atoms with van der Waals surface area (Å²) in [6.45, 7) is 1.26. The van der Waals surface area contributed by atoms with Crippen LogP contribution in [0.1, 0.15) is 122 Å². The van der Waals surface area contributed by atoms with Crippen LogP contribution < -0.4 is 5.73 Å². The van der Waals surface area contributed by atoms with Crippen molar-refractivity contribution in [1.82, 2.24) is 0 Å². The lowest BCUT2D eigenvalue weighted by molar-refractivity contribution is -0.139. The normalized spacial score (nSPS) is 15.6. The van der Waals surface area contributed by atoms with Crippen molar-refractivity contribution in [2.45, 2.75) is 141 Å². The molecule has 0 radical (unpaired) electrons. The lowest BCUT2D eigenvalue weighted by atomic mass is 10.0. The number of hydrogen-bond donors (Lipinski definition) is 4. The number of phosphoric acid groups is 1. The zero-order valence-corrected chi connectivity index (χ0v) is 25.5. The SMILES string of the molecule is CCCCCCCCCCCCCCCCCCCC(COCC(O)COP(=O)(O)OCC(N)C(=O)O)OC. The van der Waals surface area contributed by atoms with Gasteiger partial charge in [0.25, 0.3) is 0 Å². The Hall–Kier alpha value is -0.580. The number of unbranched alkanes of at least 4 members (excludes halogenated alkanes) is 16. The third-order valence-electron chi connectivity index (χ3n) is 6.74. The number of carboxylic acid groups (broad SMARTS) is 1. The van der Waals surface area contributed by atoms with Gasteiger partial charge in [0, 0.05) is 7.11 Å². The topological polar surface area (TPSA) is 158 Å². The van der Waals surface area contributed by atoms with Gasteiger partial charge >= 0.3 is 13.8 Å². The van der Waals surface area contributed by atoms with Crippen molar-refractivity contribution in [3.8, 4) is 0 Å². The van der Waals surface area contributed by atoms with Crippen LogP contribution in [0.15, 0.2) is 0 Å². The molecule has 0 spiro atoms. The van der Waals surface area contributed by atoms with Gasteiger partial charge in [-0.2, -0.15) is 0 Å². The molecule has 0 heterocycles. The number of nitrogens with two attached hydrogens (primary N) is 1. The van der Waals surface area contributed by atoms with Crippen LogP contribution in [0.4, 0.5) is 0 Å². The molecule has 0 bridgehead atoms. The third-order valence-corrected chi connectivity index (χ3v) is 7.69. The molecule has 4 atom stereocenters. The summed E-state index contributed by atoms with van der Waals surface area (Å²) < 4.78 is 31.8. The highest BCUT2D eigenvalue weighted by Gasteiger charge is 2.25. The number of rotatable bonds is 30. The van der Waals surface area contributed by atoms with E-state index in [1.54, 1.807) is 7.11 Å². The Bertz CT molecular complexity index is 612. The van der Waals surface area contributed by atoms with Crippen LogP contribution in [0.5, 0.6) is 0 Å². The minimum Gasteiger partial charge on any atom is -0.480 e. The molecule has 0 aliphatic carbocycles. The Morgan fingerprint density at radius 2 is 1.18 bits per heavy atom. The van der Waals surface area contributed by atoms with Crippen molar-refractivity contribution in [2.75, 3.05) is 33.5 Å². The van der Waals surface area contributed by atoms with Crippen molar-refractivity contribution in [3.63, 3.8) is 0 Å². The van der Waals surface area contributed by atoms with E-state index >= 15 is 0 Å². The van der Waals surface area contributed by atoms with E-state index in [-0.39, 0.29) is 12.7 Å². The lowest BCUT2D eigenvalue weighted by Gasteiger charge is -2.18. The van der Waals surface area contributed by atoms with E-state index in [9.17, 15) is 19.4 Å². The number of carbonyl (C=O) groups is 1. The molecule has 0 rings (SSSR count). The molecule has 10 nitrogen and oxygen atoms in total. The number of phosphoric ester groups is 1. The molecule has 0 aromatic heterocycles. The lowest BCUT2D eigenvalue weighted by Crippen LogP contribution is -2.34. The molecular formula is C28H58NO9P. The van der Waals surface area contributed by atoms with Gasteiger partial charge in [0.15, 0.2) is 0 Å². The second-order valence-corrected chi connectivity index (χ2v) is 12.0. The molecule has 0 amide bonds. The van der Waals surface area contributed by atoms with Gasteiger partial charge in [-0.3, -0.25) is 13.8 Å². The Balaban J connectivity index is 3.60. The molecule has 234 valence electrons. The molecule has 0 aromatic carbocycles. The highest BCUT2D eigenvalue weighted by Crippen LogP contribution is 2.43. The number of aliphatic hydroxyl groups excluding tert-OH is 1. The first kappa shape index (κ1) is 38.4. The molecule has 4 unspecified atom stereocenters. The van der Waals surface area contributed by atoms with E-state index in [1.165, 1.54) is 96.3 Å². The van der Waals surface area contributed by atoms with Crippen LogP contribution in [0.3, 0.4) is 0 Å². The van der Waals surface area contributed by atoms with Crippen molar-refractivity contribution < 1.29 is 43.0 Å². The zero-order valence-electron chi connectivity index (χ0n) is 24.6. The van der Waals surface area contributed by atoms with Gasteiger partial charge in [-0.1, -0.05) is 116 Å². The fourth-order valence-electron chi connectivity index (χ4n) is 4.21. The largest absolute Gasteiger partial charge is 0.480 e. The summed E-state index contributed by atoms with van der Waals surface area (Å²) in [6, 6.07) is -1.45. The summed E-state index contributed by atoms with van der Waals surface area (Å²) in [5.41, 5.74) is 5.20. The molecule has 11 heteroatoms. The molecule has 0 aliphatic heterocycles. The van der Waals surface area contributed by atoms with Crippen LogP contribution in [-0.4, -0.2) is 72.9 Å². The van der Waals surface area contributed by atoms with Crippen LogP contribution >= 0.6 is 7.82 Å². The van der Waals surface area contributed by atoms with Crippen molar-refractivity contribution in [3.05, 3.63) is 0 Å². The van der Waals surface area contributed by atoms with E-state index in [1.807, 2.05) is 0 Å². The predicted octanol–water partition coefficient (Wildman–Crippen LogP) is 5.97. The molecular weight excluding hydrogens is 525 g/mol. The summed E-state index contributed by atoms with van der Waals surface area (Å²) in [7, 11) is -2.90. The number of aliphatic carboxylic acids is 1. The number of ether oxygens (including phenoxy) is 2. The summed E-state index contributed by atoms with van der Waals surface area (Å²) in [5.74, 6) is -1.37. The van der Waals surface area contributed by atoms with Gasteiger partial charge in [0.2, 0.25) is 0 Å². The van der Waals surface area contributed by atoms with Gasteiger partial charge in [-0.15, -0.1) is 0 Å². The number of aliphatic hydroxyl groups is 1. The van der Waals surface area contributed by atoms with E-state index in [2.05, 4.69) is 16.0 Å². The van der Waals surface area contributed by atoms with Crippen LogP contribution in [-0.2, 0) is 27.9 Å². The standard InChI is InChI=1S/C28H58NO9P/c1-3-4-5-6-7-8-9-10-11-12-13-14-15-16-17-18-19-20-26(35-2)23-36-21-25(30)22-37-39(33,34)38-24-27(29)28(31)32/h25-27,30H,3-24,29H2,1-2H3,(H,31,32)(H,33,34). The summed E-state index contributed by atoms with van der Waals surface area (Å²) in [4.78, 5) is 20.1. The van der Waals surface area contributed by atoms with Gasteiger partial charge in [0.1, 0.15) is 12.1 Å². The quantitative estimate of drug-likeness (QED) is 0.0587. The van der Waals surface area contributed by atoms with E-state index in [0.717, 1.165) is 19.3 Å². The first-order valence-electron chi connectivity index (χ1n) is 15.1.